The third kappa shape index (κ3) is 4.46. The first-order chi connectivity index (χ1) is 10.1. The van der Waals surface area contributed by atoms with Crippen molar-refractivity contribution >= 4 is 5.97 Å². The number of aliphatic carboxylic acids is 1. The molecule has 1 aliphatic heterocycles. The first-order valence-corrected chi connectivity index (χ1v) is 7.70. The summed E-state index contributed by atoms with van der Waals surface area (Å²) >= 11 is 0. The van der Waals surface area contributed by atoms with Gasteiger partial charge in [0.2, 0.25) is 0 Å². The Balaban J connectivity index is 1.86. The topological polar surface area (TPSA) is 49.8 Å². The molecule has 1 aromatic rings. The molecule has 1 N–H and O–H groups in total. The molecule has 0 bridgehead atoms. The fourth-order valence-corrected chi connectivity index (χ4v) is 3.12. The van der Waals surface area contributed by atoms with Crippen molar-refractivity contribution in [2.24, 2.45) is 11.8 Å². The number of hydrogen-bond donors (Lipinski definition) is 1. The molecule has 1 heterocycles. The number of likely N-dealkylation sites (tertiary alicyclic amines) is 1. The molecule has 1 fully saturated rings. The number of carboxylic acid groups (broad SMARTS) is 1. The number of carboxylic acids is 1. The molecule has 0 amide bonds. The maximum absolute atomic E-state index is 11.1. The smallest absolute Gasteiger partial charge is 0.306 e. The lowest BCUT2D eigenvalue weighted by Crippen LogP contribution is -2.22. The summed E-state index contributed by atoms with van der Waals surface area (Å²) in [5.41, 5.74) is 1.25. The predicted octanol–water partition coefficient (Wildman–Crippen LogP) is 3.02. The molecule has 0 saturated carbocycles. The van der Waals surface area contributed by atoms with Crippen LogP contribution in [0.3, 0.4) is 0 Å². The zero-order valence-electron chi connectivity index (χ0n) is 12.9. The van der Waals surface area contributed by atoms with Crippen LogP contribution in [0, 0.1) is 11.8 Å². The molecule has 1 aromatic carbocycles. The Hall–Kier alpha value is -1.55. The highest BCUT2D eigenvalue weighted by Gasteiger charge is 2.27. The number of carbonyl (C=O) groups is 1. The van der Waals surface area contributed by atoms with Crippen LogP contribution in [0.4, 0.5) is 0 Å². The molecule has 4 heteroatoms. The van der Waals surface area contributed by atoms with E-state index in [1.54, 1.807) is 7.11 Å². The van der Waals surface area contributed by atoms with Crippen LogP contribution in [0.2, 0.25) is 0 Å². The van der Waals surface area contributed by atoms with E-state index in [4.69, 9.17) is 9.84 Å². The molecule has 1 aliphatic rings. The molecule has 0 aromatic heterocycles. The molecule has 0 radical (unpaired) electrons. The van der Waals surface area contributed by atoms with Gasteiger partial charge in [0.15, 0.2) is 0 Å². The lowest BCUT2D eigenvalue weighted by Gasteiger charge is -2.18. The van der Waals surface area contributed by atoms with Crippen molar-refractivity contribution in [2.45, 2.75) is 32.7 Å². The summed E-state index contributed by atoms with van der Waals surface area (Å²) < 4.78 is 5.25. The van der Waals surface area contributed by atoms with Crippen LogP contribution >= 0.6 is 0 Å². The van der Waals surface area contributed by atoms with E-state index in [0.29, 0.717) is 5.92 Å². The summed E-state index contributed by atoms with van der Waals surface area (Å²) in [4.78, 5) is 13.5. The second-order valence-corrected chi connectivity index (χ2v) is 5.92. The standard InChI is InChI=1S/C17H25NO3/c1-3-15(17(19)20)9-14-7-8-18(12-14)11-13-5-4-6-16(10-13)21-2/h4-6,10,14-15H,3,7-9,11-12H2,1-2H3,(H,19,20). The average Bonchev–Trinajstić information content (AvgIpc) is 2.92. The van der Waals surface area contributed by atoms with Crippen LogP contribution in [-0.4, -0.2) is 36.2 Å². The minimum atomic E-state index is -0.649. The average molecular weight is 291 g/mol. The van der Waals surface area contributed by atoms with Gasteiger partial charge in [0.25, 0.3) is 0 Å². The number of nitrogens with zero attached hydrogens (tertiary/aromatic N) is 1. The zero-order valence-corrected chi connectivity index (χ0v) is 12.9. The molecule has 21 heavy (non-hydrogen) atoms. The number of methoxy groups -OCH3 is 1. The SMILES string of the molecule is CCC(CC1CCN(Cc2cccc(OC)c2)C1)C(=O)O. The molecule has 2 unspecified atom stereocenters. The van der Waals surface area contributed by atoms with E-state index in [1.165, 1.54) is 5.56 Å². The van der Waals surface area contributed by atoms with Crippen molar-refractivity contribution in [3.63, 3.8) is 0 Å². The number of hydrogen-bond acceptors (Lipinski definition) is 3. The van der Waals surface area contributed by atoms with Crippen molar-refractivity contribution in [3.05, 3.63) is 29.8 Å². The van der Waals surface area contributed by atoms with Crippen molar-refractivity contribution in [1.29, 1.82) is 0 Å². The fraction of sp³-hybridized carbons (Fsp3) is 0.588. The van der Waals surface area contributed by atoms with Gasteiger partial charge in [-0.2, -0.15) is 0 Å². The Morgan fingerprint density at radius 1 is 1.52 bits per heavy atom. The van der Waals surface area contributed by atoms with Crippen LogP contribution in [-0.2, 0) is 11.3 Å². The molecule has 2 rings (SSSR count). The summed E-state index contributed by atoms with van der Waals surface area (Å²) in [5.74, 6) is 0.562. The first kappa shape index (κ1) is 15.8. The second kappa shape index (κ2) is 7.46. The number of benzene rings is 1. The van der Waals surface area contributed by atoms with Gasteiger partial charge in [0.05, 0.1) is 13.0 Å². The van der Waals surface area contributed by atoms with Crippen LogP contribution in [0.1, 0.15) is 31.7 Å². The maximum Gasteiger partial charge on any atom is 0.306 e. The highest BCUT2D eigenvalue weighted by atomic mass is 16.5. The van der Waals surface area contributed by atoms with E-state index in [1.807, 2.05) is 19.1 Å². The van der Waals surface area contributed by atoms with Gasteiger partial charge in [0.1, 0.15) is 5.75 Å². The zero-order chi connectivity index (χ0) is 15.2. The number of ether oxygens (including phenoxy) is 1. The van der Waals surface area contributed by atoms with Crippen molar-refractivity contribution < 1.29 is 14.6 Å². The Labute approximate surface area is 126 Å². The summed E-state index contributed by atoms with van der Waals surface area (Å²) in [6.07, 6.45) is 2.63. The number of rotatable bonds is 7. The highest BCUT2D eigenvalue weighted by molar-refractivity contribution is 5.69. The molecule has 2 atom stereocenters. The Kier molecular flexibility index (Phi) is 5.62. The van der Waals surface area contributed by atoms with Crippen LogP contribution in [0.15, 0.2) is 24.3 Å². The van der Waals surface area contributed by atoms with E-state index in [0.717, 1.165) is 44.6 Å². The van der Waals surface area contributed by atoms with E-state index in [-0.39, 0.29) is 5.92 Å². The van der Waals surface area contributed by atoms with Gasteiger partial charge in [-0.05, 0) is 49.4 Å². The largest absolute Gasteiger partial charge is 0.497 e. The monoisotopic (exact) mass is 291 g/mol. The second-order valence-electron chi connectivity index (χ2n) is 5.92. The third-order valence-corrected chi connectivity index (χ3v) is 4.37. The Morgan fingerprint density at radius 3 is 3.00 bits per heavy atom. The fourth-order valence-electron chi connectivity index (χ4n) is 3.12. The molecular weight excluding hydrogens is 266 g/mol. The maximum atomic E-state index is 11.1. The van der Waals surface area contributed by atoms with Gasteiger partial charge in [-0.15, -0.1) is 0 Å². The van der Waals surface area contributed by atoms with Gasteiger partial charge < -0.3 is 9.84 Å². The van der Waals surface area contributed by atoms with E-state index < -0.39 is 5.97 Å². The van der Waals surface area contributed by atoms with Crippen molar-refractivity contribution in [1.82, 2.24) is 4.90 Å². The van der Waals surface area contributed by atoms with Gasteiger partial charge in [-0.1, -0.05) is 19.1 Å². The van der Waals surface area contributed by atoms with Gasteiger partial charge in [-0.25, -0.2) is 0 Å². The first-order valence-electron chi connectivity index (χ1n) is 7.70. The van der Waals surface area contributed by atoms with Crippen LogP contribution in [0.25, 0.3) is 0 Å². The van der Waals surface area contributed by atoms with E-state index in [2.05, 4.69) is 17.0 Å². The molecule has 116 valence electrons. The lowest BCUT2D eigenvalue weighted by atomic mass is 9.92. The van der Waals surface area contributed by atoms with Crippen LogP contribution in [0.5, 0.6) is 5.75 Å². The molecule has 0 spiro atoms. The minimum Gasteiger partial charge on any atom is -0.497 e. The van der Waals surface area contributed by atoms with Gasteiger partial charge in [0, 0.05) is 13.1 Å². The molecular formula is C17H25NO3. The van der Waals surface area contributed by atoms with Crippen molar-refractivity contribution in [2.75, 3.05) is 20.2 Å². The van der Waals surface area contributed by atoms with E-state index >= 15 is 0 Å². The van der Waals surface area contributed by atoms with Crippen LogP contribution < -0.4 is 4.74 Å². The highest BCUT2D eigenvalue weighted by Crippen LogP contribution is 2.26. The van der Waals surface area contributed by atoms with Crippen molar-refractivity contribution in [3.8, 4) is 5.75 Å². The minimum absolute atomic E-state index is 0.188. The normalized spacial score (nSPS) is 20.4. The summed E-state index contributed by atoms with van der Waals surface area (Å²) in [7, 11) is 1.68. The summed E-state index contributed by atoms with van der Waals surface area (Å²) in [6, 6.07) is 8.15. The lowest BCUT2D eigenvalue weighted by molar-refractivity contribution is -0.142. The van der Waals surface area contributed by atoms with Gasteiger partial charge >= 0.3 is 5.97 Å². The quantitative estimate of drug-likeness (QED) is 0.839. The Morgan fingerprint density at radius 2 is 2.33 bits per heavy atom. The third-order valence-electron chi connectivity index (χ3n) is 4.37. The molecule has 4 nitrogen and oxygen atoms in total. The van der Waals surface area contributed by atoms with E-state index in [9.17, 15) is 4.79 Å². The molecule has 1 saturated heterocycles. The Bertz CT molecular complexity index is 475. The molecule has 0 aliphatic carbocycles. The summed E-state index contributed by atoms with van der Waals surface area (Å²) in [5, 5.41) is 9.16. The predicted molar refractivity (Wildman–Crippen MR) is 82.4 cm³/mol. The van der Waals surface area contributed by atoms with Gasteiger partial charge in [-0.3, -0.25) is 9.69 Å². The summed E-state index contributed by atoms with van der Waals surface area (Å²) in [6.45, 7) is 4.93.